The number of benzene rings is 2. The number of likely N-dealkylation sites (tertiary alicyclic amines) is 2. The molecule has 4 heterocycles. The molecule has 12 nitrogen and oxygen atoms in total. The number of sulfonamides is 1. The monoisotopic (exact) mass is 821 g/mol. The number of para-hydroxylation sites is 1. The zero-order chi connectivity index (χ0) is 34.9. The predicted octanol–water partition coefficient (Wildman–Crippen LogP) is 4.84. The number of nitrogens with one attached hydrogen (secondary N) is 2. The van der Waals surface area contributed by atoms with Crippen LogP contribution in [0.4, 0.5) is 21.0 Å². The lowest BCUT2D eigenvalue weighted by Crippen LogP contribution is -2.57. The minimum atomic E-state index is -3.17. The highest BCUT2D eigenvalue weighted by Crippen LogP contribution is 2.34. The van der Waals surface area contributed by atoms with E-state index in [2.05, 4.69) is 42.5 Å². The third kappa shape index (κ3) is 8.37. The Hall–Kier alpha value is -2.88. The van der Waals surface area contributed by atoms with Crippen molar-refractivity contribution in [3.63, 3.8) is 0 Å². The normalized spacial score (nSPS) is 20.9. The average molecular weight is 824 g/mol. The van der Waals surface area contributed by atoms with E-state index in [1.54, 1.807) is 9.21 Å². The molecule has 3 saturated heterocycles. The van der Waals surface area contributed by atoms with Crippen molar-refractivity contribution in [2.75, 3.05) is 56.6 Å². The summed E-state index contributed by atoms with van der Waals surface area (Å²) < 4.78 is 26.9. The van der Waals surface area contributed by atoms with Gasteiger partial charge < -0.3 is 31.1 Å². The number of nitrogens with two attached hydrogens (primary N) is 1. The smallest absolute Gasteiger partial charge is 0.322 e. The lowest BCUT2D eigenvalue weighted by atomic mass is 9.79. The molecule has 6 rings (SSSR count). The molecule has 0 unspecified atom stereocenters. The number of carbonyl (C=O) groups excluding carboxylic acids is 3. The van der Waals surface area contributed by atoms with Gasteiger partial charge in [-0.1, -0.05) is 18.2 Å². The number of fused-ring (bicyclic) bond motifs is 1. The minimum Gasteiger partial charge on any atom is -0.397 e. The van der Waals surface area contributed by atoms with Crippen molar-refractivity contribution >= 4 is 71.2 Å². The molecule has 2 aromatic rings. The first kappa shape index (κ1) is 35.9. The van der Waals surface area contributed by atoms with Crippen molar-refractivity contribution in [2.45, 2.75) is 63.6 Å². The molecule has 15 heteroatoms. The van der Waals surface area contributed by atoms with Gasteiger partial charge in [0.05, 0.1) is 11.9 Å². The molecule has 266 valence electrons. The maximum atomic E-state index is 14.1. The highest BCUT2D eigenvalue weighted by Gasteiger charge is 2.37. The molecule has 1 atom stereocenters. The van der Waals surface area contributed by atoms with Crippen LogP contribution in [0, 0.1) is 11.8 Å². The molecule has 0 aliphatic carbocycles. The molecule has 0 aromatic heterocycles. The predicted molar refractivity (Wildman–Crippen MR) is 196 cm³/mol. The number of anilines is 2. The third-order valence-corrected chi connectivity index (χ3v) is 13.3. The molecule has 4 aliphatic heterocycles. The summed E-state index contributed by atoms with van der Waals surface area (Å²) in [6.45, 7) is 3.81. The summed E-state index contributed by atoms with van der Waals surface area (Å²) >= 11 is 7.02. The first-order chi connectivity index (χ1) is 23.4. The van der Waals surface area contributed by atoms with Gasteiger partial charge in [0.25, 0.3) is 0 Å². The molecule has 0 bridgehead atoms. The highest BCUT2D eigenvalue weighted by molar-refractivity contribution is 9.11. The topological polar surface area (TPSA) is 148 Å². The summed E-state index contributed by atoms with van der Waals surface area (Å²) in [5, 5.41) is 6.06. The number of nitrogen functional groups attached to an aromatic ring is 1. The SMILES string of the molecule is CS(=O)(=O)N1CCC(C2CCN(C(=O)[C@H](Cc3cc(Br)c(N)c(Br)c3)NC(=O)N3CCC(N4Cc5ccccc5NC4=O)CC3)CC2)CC1. The Morgan fingerprint density at radius 1 is 0.918 bits per heavy atom. The van der Waals surface area contributed by atoms with Gasteiger partial charge in [-0.3, -0.25) is 4.79 Å². The average Bonchev–Trinajstić information content (AvgIpc) is 3.09. The summed E-state index contributed by atoms with van der Waals surface area (Å²) in [6, 6.07) is 10.4. The Bertz CT molecular complexity index is 1650. The molecule has 4 N–H and O–H groups in total. The van der Waals surface area contributed by atoms with Crippen LogP contribution in [0.1, 0.15) is 49.7 Å². The zero-order valence-electron chi connectivity index (χ0n) is 27.7. The van der Waals surface area contributed by atoms with Crippen LogP contribution >= 0.6 is 31.9 Å². The number of nitrogens with zero attached hydrogens (tertiary/aromatic N) is 4. The standard InChI is InChI=1S/C34H45Br2N7O5S/c1-49(47,48)42-16-8-24(9-17-42)23-6-12-40(13-7-23)32(44)30(20-22-18-27(35)31(37)28(36)19-22)39-33(45)41-14-10-26(11-15-41)43-21-25-4-2-3-5-29(25)38-34(43)46/h2-5,18-19,23-24,26,30H,6-17,20-21,37H2,1H3,(H,38,46)(H,39,45)/t30-/m0/s1. The molecule has 3 fully saturated rings. The number of urea groups is 2. The Morgan fingerprint density at radius 3 is 2.10 bits per heavy atom. The van der Waals surface area contributed by atoms with Gasteiger partial charge in [-0.25, -0.2) is 22.3 Å². The van der Waals surface area contributed by atoms with E-state index in [-0.39, 0.29) is 24.0 Å². The summed E-state index contributed by atoms with van der Waals surface area (Å²) in [5.74, 6) is 0.782. The van der Waals surface area contributed by atoms with Crippen molar-refractivity contribution < 1.29 is 22.8 Å². The molecule has 0 saturated carbocycles. The number of amides is 5. The van der Waals surface area contributed by atoms with Gasteiger partial charge in [-0.05, 0) is 112 Å². The second kappa shape index (κ2) is 15.2. The first-order valence-corrected chi connectivity index (χ1v) is 20.5. The van der Waals surface area contributed by atoms with E-state index in [1.807, 2.05) is 46.2 Å². The van der Waals surface area contributed by atoms with Gasteiger partial charge in [-0.15, -0.1) is 0 Å². The van der Waals surface area contributed by atoms with Crippen LogP contribution in [-0.4, -0.2) is 103 Å². The van der Waals surface area contributed by atoms with Crippen LogP contribution in [-0.2, 0) is 27.8 Å². The van der Waals surface area contributed by atoms with Crippen molar-refractivity contribution in [1.29, 1.82) is 0 Å². The Balaban J connectivity index is 1.08. The van der Waals surface area contributed by atoms with Crippen LogP contribution in [0.25, 0.3) is 0 Å². The summed E-state index contributed by atoms with van der Waals surface area (Å²) in [7, 11) is -3.17. The lowest BCUT2D eigenvalue weighted by molar-refractivity contribution is -0.135. The summed E-state index contributed by atoms with van der Waals surface area (Å²) in [4.78, 5) is 46.2. The molecule has 4 aliphatic rings. The Kier molecular flexibility index (Phi) is 11.1. The molecule has 0 radical (unpaired) electrons. The number of rotatable bonds is 7. The van der Waals surface area contributed by atoms with E-state index in [0.29, 0.717) is 91.5 Å². The number of hydrogen-bond donors (Lipinski definition) is 3. The second-order valence-electron chi connectivity index (χ2n) is 13.8. The van der Waals surface area contributed by atoms with Crippen LogP contribution in [0.15, 0.2) is 45.3 Å². The van der Waals surface area contributed by atoms with Gasteiger partial charge in [0.2, 0.25) is 15.9 Å². The largest absolute Gasteiger partial charge is 0.397 e. The zero-order valence-corrected chi connectivity index (χ0v) is 31.7. The number of hydrogen-bond acceptors (Lipinski definition) is 6. The van der Waals surface area contributed by atoms with Crippen molar-refractivity contribution in [3.05, 3.63) is 56.5 Å². The highest BCUT2D eigenvalue weighted by atomic mass is 79.9. The Labute approximate surface area is 305 Å². The van der Waals surface area contributed by atoms with Crippen molar-refractivity contribution in [2.24, 2.45) is 11.8 Å². The number of carbonyl (C=O) groups is 3. The van der Waals surface area contributed by atoms with E-state index < -0.39 is 16.1 Å². The second-order valence-corrected chi connectivity index (χ2v) is 17.5. The lowest BCUT2D eigenvalue weighted by Gasteiger charge is -2.41. The van der Waals surface area contributed by atoms with E-state index in [4.69, 9.17) is 5.73 Å². The molecular formula is C34H45Br2N7O5S. The molecular weight excluding hydrogens is 778 g/mol. The van der Waals surface area contributed by atoms with Gasteiger partial charge in [-0.2, -0.15) is 0 Å². The first-order valence-electron chi connectivity index (χ1n) is 17.1. The maximum absolute atomic E-state index is 14.1. The molecule has 0 spiro atoms. The summed E-state index contributed by atoms with van der Waals surface area (Å²) in [6.07, 6.45) is 6.27. The van der Waals surface area contributed by atoms with E-state index in [1.165, 1.54) is 6.26 Å². The van der Waals surface area contributed by atoms with Crippen molar-refractivity contribution in [1.82, 2.24) is 24.3 Å². The van der Waals surface area contributed by atoms with E-state index in [0.717, 1.165) is 42.5 Å². The number of halogens is 2. The Morgan fingerprint density at radius 2 is 1.49 bits per heavy atom. The van der Waals surface area contributed by atoms with Crippen LogP contribution in [0.2, 0.25) is 0 Å². The van der Waals surface area contributed by atoms with Gasteiger partial charge in [0.1, 0.15) is 6.04 Å². The number of piperidine rings is 3. The maximum Gasteiger partial charge on any atom is 0.322 e. The molecule has 5 amide bonds. The third-order valence-electron chi connectivity index (χ3n) is 10.7. The van der Waals surface area contributed by atoms with Crippen molar-refractivity contribution in [3.8, 4) is 0 Å². The fourth-order valence-corrected chi connectivity index (χ4v) is 9.97. The fraction of sp³-hybridized carbons (Fsp3) is 0.559. The van der Waals surface area contributed by atoms with Gasteiger partial charge in [0.15, 0.2) is 0 Å². The van der Waals surface area contributed by atoms with Crippen LogP contribution in [0.5, 0.6) is 0 Å². The van der Waals surface area contributed by atoms with Gasteiger partial charge in [0, 0.05) is 72.9 Å². The molecule has 2 aromatic carbocycles. The van der Waals surface area contributed by atoms with E-state index >= 15 is 0 Å². The molecule has 49 heavy (non-hydrogen) atoms. The van der Waals surface area contributed by atoms with Gasteiger partial charge >= 0.3 is 12.1 Å². The summed E-state index contributed by atoms with van der Waals surface area (Å²) in [5.41, 5.74) is 9.47. The fourth-order valence-electron chi connectivity index (χ4n) is 7.82. The van der Waals surface area contributed by atoms with Crippen LogP contribution in [0.3, 0.4) is 0 Å². The van der Waals surface area contributed by atoms with Crippen LogP contribution < -0.4 is 16.4 Å². The quantitative estimate of drug-likeness (QED) is 0.341. The minimum absolute atomic E-state index is 0.0132. The van der Waals surface area contributed by atoms with E-state index in [9.17, 15) is 22.8 Å².